The number of nitro benzene ring substituents is 2. The molecule has 12 heteroatoms. The topological polar surface area (TPSA) is 154 Å². The maximum absolute atomic E-state index is 13.8. The highest BCUT2D eigenvalue weighted by atomic mass is 19.1. The number of benzene rings is 3. The Balaban J connectivity index is 1.67. The summed E-state index contributed by atoms with van der Waals surface area (Å²) in [7, 11) is 0. The van der Waals surface area contributed by atoms with Gasteiger partial charge < -0.3 is 15.4 Å². The van der Waals surface area contributed by atoms with Gasteiger partial charge >= 0.3 is 5.97 Å². The minimum atomic E-state index is -1.03. The van der Waals surface area contributed by atoms with Crippen molar-refractivity contribution < 1.29 is 28.6 Å². The number of ether oxygens (including phenoxy) is 1. The predicted molar refractivity (Wildman–Crippen MR) is 115 cm³/mol. The molecule has 0 bridgehead atoms. The van der Waals surface area contributed by atoms with Crippen LogP contribution in [0.25, 0.3) is 0 Å². The van der Waals surface area contributed by atoms with E-state index in [1.54, 1.807) is 30.3 Å². The average Bonchev–Trinajstić information content (AvgIpc) is 2.79. The van der Waals surface area contributed by atoms with Crippen molar-refractivity contribution in [1.82, 2.24) is 0 Å². The Morgan fingerprint density at radius 3 is 2.30 bits per heavy atom. The molecule has 1 amide bonds. The molecular formula is C21H15FN4O7. The van der Waals surface area contributed by atoms with Crippen LogP contribution >= 0.6 is 0 Å². The Morgan fingerprint density at radius 1 is 0.909 bits per heavy atom. The average molecular weight is 454 g/mol. The lowest BCUT2D eigenvalue weighted by atomic mass is 10.1. The number of carbonyl (C=O) groups is 2. The van der Waals surface area contributed by atoms with E-state index in [-0.39, 0.29) is 11.3 Å². The molecule has 2 N–H and O–H groups in total. The molecule has 0 spiro atoms. The van der Waals surface area contributed by atoms with Crippen molar-refractivity contribution in [3.05, 3.63) is 98.3 Å². The zero-order valence-corrected chi connectivity index (χ0v) is 16.7. The van der Waals surface area contributed by atoms with Gasteiger partial charge in [-0.25, -0.2) is 9.18 Å². The number of nitro groups is 2. The molecule has 0 radical (unpaired) electrons. The van der Waals surface area contributed by atoms with Crippen molar-refractivity contribution in [3.8, 4) is 0 Å². The van der Waals surface area contributed by atoms with Crippen LogP contribution in [0.3, 0.4) is 0 Å². The van der Waals surface area contributed by atoms with Gasteiger partial charge in [-0.15, -0.1) is 0 Å². The second-order valence-electron chi connectivity index (χ2n) is 6.53. The molecule has 3 aromatic carbocycles. The Morgan fingerprint density at radius 2 is 1.64 bits per heavy atom. The molecule has 0 saturated heterocycles. The molecule has 0 aliphatic carbocycles. The number of non-ortho nitro benzene ring substituents is 1. The molecule has 0 fully saturated rings. The van der Waals surface area contributed by atoms with Crippen molar-refractivity contribution in [2.45, 2.75) is 0 Å². The SMILES string of the molecule is O=C(COC(=O)c1ccc(Nc2ccccc2)c([N+](=O)[O-])c1)Nc1cc([N+](=O)[O-])ccc1F. The number of amides is 1. The van der Waals surface area contributed by atoms with E-state index < -0.39 is 51.2 Å². The van der Waals surface area contributed by atoms with E-state index in [1.807, 2.05) is 0 Å². The van der Waals surface area contributed by atoms with Gasteiger partial charge in [0.25, 0.3) is 17.3 Å². The van der Waals surface area contributed by atoms with Gasteiger partial charge in [0.05, 0.1) is 21.1 Å². The fourth-order valence-corrected chi connectivity index (χ4v) is 2.72. The van der Waals surface area contributed by atoms with Crippen molar-refractivity contribution >= 4 is 40.3 Å². The Kier molecular flexibility index (Phi) is 6.88. The van der Waals surface area contributed by atoms with Gasteiger partial charge in [0.2, 0.25) is 0 Å². The third-order valence-corrected chi connectivity index (χ3v) is 4.25. The van der Waals surface area contributed by atoms with E-state index in [4.69, 9.17) is 4.74 Å². The van der Waals surface area contributed by atoms with Gasteiger partial charge in [0, 0.05) is 23.9 Å². The fourth-order valence-electron chi connectivity index (χ4n) is 2.72. The highest BCUT2D eigenvalue weighted by Crippen LogP contribution is 2.29. The van der Waals surface area contributed by atoms with Gasteiger partial charge in [-0.2, -0.15) is 0 Å². The number of carbonyl (C=O) groups excluding carboxylic acids is 2. The second-order valence-corrected chi connectivity index (χ2v) is 6.53. The van der Waals surface area contributed by atoms with E-state index in [0.29, 0.717) is 5.69 Å². The lowest BCUT2D eigenvalue weighted by molar-refractivity contribution is -0.384. The predicted octanol–water partition coefficient (Wildman–Crippen LogP) is 4.18. The smallest absolute Gasteiger partial charge is 0.338 e. The lowest BCUT2D eigenvalue weighted by Gasteiger charge is -2.09. The van der Waals surface area contributed by atoms with Gasteiger partial charge in [-0.3, -0.25) is 25.0 Å². The quantitative estimate of drug-likeness (QED) is 0.292. The number of rotatable bonds is 8. The number of halogens is 1. The van der Waals surface area contributed by atoms with E-state index in [0.717, 1.165) is 24.3 Å². The van der Waals surface area contributed by atoms with Crippen molar-refractivity contribution in [1.29, 1.82) is 0 Å². The van der Waals surface area contributed by atoms with Gasteiger partial charge in [-0.05, 0) is 30.3 Å². The number of para-hydroxylation sites is 1. The summed E-state index contributed by atoms with van der Waals surface area (Å²) in [5, 5.41) is 27.1. The van der Waals surface area contributed by atoms with Crippen LogP contribution in [0.4, 0.5) is 32.8 Å². The van der Waals surface area contributed by atoms with Crippen molar-refractivity contribution in [3.63, 3.8) is 0 Å². The minimum absolute atomic E-state index is 0.140. The van der Waals surface area contributed by atoms with Crippen LogP contribution in [0.5, 0.6) is 0 Å². The maximum atomic E-state index is 13.8. The minimum Gasteiger partial charge on any atom is -0.452 e. The third-order valence-electron chi connectivity index (χ3n) is 4.25. The largest absolute Gasteiger partial charge is 0.452 e. The van der Waals surface area contributed by atoms with E-state index >= 15 is 0 Å². The molecule has 0 aromatic heterocycles. The van der Waals surface area contributed by atoms with Gasteiger partial charge in [-0.1, -0.05) is 18.2 Å². The molecule has 3 aromatic rings. The van der Waals surface area contributed by atoms with Crippen LogP contribution in [0, 0.1) is 26.0 Å². The molecule has 0 unspecified atom stereocenters. The van der Waals surface area contributed by atoms with Crippen LogP contribution < -0.4 is 10.6 Å². The summed E-state index contributed by atoms with van der Waals surface area (Å²) in [6, 6.07) is 14.8. The first kappa shape index (κ1) is 22.8. The Bertz CT molecular complexity index is 1230. The first-order valence-electron chi connectivity index (χ1n) is 9.26. The van der Waals surface area contributed by atoms with Crippen LogP contribution in [-0.2, 0) is 9.53 Å². The number of esters is 1. The number of hydrogen-bond donors (Lipinski definition) is 2. The molecule has 11 nitrogen and oxygen atoms in total. The molecule has 3 rings (SSSR count). The zero-order valence-electron chi connectivity index (χ0n) is 16.7. The first-order chi connectivity index (χ1) is 15.7. The molecule has 0 saturated carbocycles. The zero-order chi connectivity index (χ0) is 24.0. The summed E-state index contributed by atoms with van der Waals surface area (Å²) in [4.78, 5) is 45.0. The van der Waals surface area contributed by atoms with E-state index in [9.17, 15) is 34.2 Å². The number of nitrogens with zero attached hydrogens (tertiary/aromatic N) is 2. The number of hydrogen-bond acceptors (Lipinski definition) is 8. The van der Waals surface area contributed by atoms with E-state index in [1.165, 1.54) is 12.1 Å². The molecule has 0 atom stereocenters. The third kappa shape index (κ3) is 5.85. The molecular weight excluding hydrogens is 439 g/mol. The van der Waals surface area contributed by atoms with Gasteiger partial charge in [0.1, 0.15) is 11.5 Å². The molecule has 33 heavy (non-hydrogen) atoms. The molecule has 168 valence electrons. The second kappa shape index (κ2) is 9.96. The summed E-state index contributed by atoms with van der Waals surface area (Å²) in [6.07, 6.45) is 0. The maximum Gasteiger partial charge on any atom is 0.338 e. The summed E-state index contributed by atoms with van der Waals surface area (Å²) >= 11 is 0. The summed E-state index contributed by atoms with van der Waals surface area (Å²) < 4.78 is 18.6. The molecule has 0 aliphatic rings. The fraction of sp³-hybridized carbons (Fsp3) is 0.0476. The van der Waals surface area contributed by atoms with Crippen LogP contribution in [0.15, 0.2) is 66.7 Å². The highest BCUT2D eigenvalue weighted by molar-refractivity contribution is 5.96. The highest BCUT2D eigenvalue weighted by Gasteiger charge is 2.20. The van der Waals surface area contributed by atoms with Gasteiger partial charge in [0.15, 0.2) is 6.61 Å². The van der Waals surface area contributed by atoms with Crippen molar-refractivity contribution in [2.75, 3.05) is 17.2 Å². The summed E-state index contributed by atoms with van der Waals surface area (Å²) in [5.74, 6) is -2.91. The molecule has 0 heterocycles. The van der Waals surface area contributed by atoms with Crippen LogP contribution in [0.1, 0.15) is 10.4 Å². The normalized spacial score (nSPS) is 10.2. The standard InChI is InChI=1S/C21H15FN4O7/c22-16-8-7-15(25(29)30)11-18(16)24-20(27)12-33-21(28)13-6-9-17(19(10-13)26(31)32)23-14-4-2-1-3-5-14/h1-11,23H,12H2,(H,24,27). The Hall–Kier alpha value is -4.87. The van der Waals surface area contributed by atoms with E-state index in [2.05, 4.69) is 10.6 Å². The number of anilines is 3. The monoisotopic (exact) mass is 454 g/mol. The van der Waals surface area contributed by atoms with Crippen molar-refractivity contribution in [2.24, 2.45) is 0 Å². The van der Waals surface area contributed by atoms with Crippen LogP contribution in [0.2, 0.25) is 0 Å². The lowest BCUT2D eigenvalue weighted by Crippen LogP contribution is -2.21. The summed E-state index contributed by atoms with van der Waals surface area (Å²) in [6.45, 7) is -0.848. The molecule has 0 aliphatic heterocycles. The summed E-state index contributed by atoms with van der Waals surface area (Å²) in [5.41, 5.74) is -0.744. The number of nitrogens with one attached hydrogen (secondary N) is 2. The van der Waals surface area contributed by atoms with Crippen LogP contribution in [-0.4, -0.2) is 28.3 Å². The first-order valence-corrected chi connectivity index (χ1v) is 9.26. The Labute approximate surface area is 185 Å².